The second-order valence-electron chi connectivity index (χ2n) is 6.74. The van der Waals surface area contributed by atoms with Crippen molar-refractivity contribution in [1.29, 1.82) is 0 Å². The van der Waals surface area contributed by atoms with E-state index in [1.54, 1.807) is 40.5 Å². The second kappa shape index (κ2) is 9.01. The van der Waals surface area contributed by atoms with Gasteiger partial charge < -0.3 is 4.74 Å². The van der Waals surface area contributed by atoms with Crippen molar-refractivity contribution in [2.45, 2.75) is 6.42 Å². The molecule has 2 aromatic carbocycles. The first-order chi connectivity index (χ1) is 13.7. The third-order valence-corrected chi connectivity index (χ3v) is 6.08. The van der Waals surface area contributed by atoms with Crippen LogP contribution < -0.4 is 4.90 Å². The van der Waals surface area contributed by atoms with Crippen LogP contribution in [0.4, 0.5) is 5.13 Å². The Kier molecular flexibility index (Phi) is 6.22. The van der Waals surface area contributed by atoms with Gasteiger partial charge in [-0.1, -0.05) is 41.1 Å². The number of hydrogen-bond donors (Lipinski definition) is 0. The van der Waals surface area contributed by atoms with Crippen LogP contribution >= 0.6 is 22.9 Å². The van der Waals surface area contributed by atoms with Gasteiger partial charge in [-0.25, -0.2) is 4.98 Å². The Balaban J connectivity index is 1.55. The summed E-state index contributed by atoms with van der Waals surface area (Å²) >= 11 is 7.65. The first-order valence-electron chi connectivity index (χ1n) is 9.44. The predicted octanol–water partition coefficient (Wildman–Crippen LogP) is 4.32. The molecule has 1 saturated heterocycles. The summed E-state index contributed by atoms with van der Waals surface area (Å²) in [5, 5.41) is 1.29. The molecule has 0 spiro atoms. The molecule has 0 bridgehead atoms. The number of anilines is 1. The number of halogens is 1. The van der Waals surface area contributed by atoms with Crippen molar-refractivity contribution in [2.75, 3.05) is 44.3 Å². The molecule has 0 unspecified atom stereocenters. The van der Waals surface area contributed by atoms with Crippen LogP contribution in [0.5, 0.6) is 0 Å². The Morgan fingerprint density at radius 3 is 2.79 bits per heavy atom. The fraction of sp³-hybridized carbons (Fsp3) is 0.333. The molecular formula is C21H22ClN3O2S. The monoisotopic (exact) mass is 415 g/mol. The largest absolute Gasteiger partial charge is 0.379 e. The molecule has 1 aromatic heterocycles. The van der Waals surface area contributed by atoms with E-state index in [4.69, 9.17) is 21.3 Å². The molecule has 3 aromatic rings. The maximum Gasteiger partial charge on any atom is 0.260 e. The maximum absolute atomic E-state index is 13.3. The number of nitrogens with zero attached hydrogens (tertiary/aromatic N) is 3. The van der Waals surface area contributed by atoms with Crippen molar-refractivity contribution in [3.05, 3.63) is 59.1 Å². The van der Waals surface area contributed by atoms with Crippen molar-refractivity contribution < 1.29 is 9.53 Å². The van der Waals surface area contributed by atoms with Crippen LogP contribution in [0.1, 0.15) is 16.8 Å². The highest BCUT2D eigenvalue weighted by Crippen LogP contribution is 2.30. The van der Waals surface area contributed by atoms with Crippen molar-refractivity contribution in [1.82, 2.24) is 9.88 Å². The molecule has 4 rings (SSSR count). The molecule has 0 atom stereocenters. The molecular weight excluding hydrogens is 394 g/mol. The molecule has 7 heteroatoms. The summed E-state index contributed by atoms with van der Waals surface area (Å²) in [6, 6.07) is 15.1. The fourth-order valence-electron chi connectivity index (χ4n) is 3.31. The smallest absolute Gasteiger partial charge is 0.260 e. The zero-order valence-electron chi connectivity index (χ0n) is 15.5. The average molecular weight is 416 g/mol. The summed E-state index contributed by atoms with van der Waals surface area (Å²) in [5.74, 6) is -0.0662. The predicted molar refractivity (Wildman–Crippen MR) is 115 cm³/mol. The van der Waals surface area contributed by atoms with E-state index in [0.717, 1.165) is 54.6 Å². The summed E-state index contributed by atoms with van der Waals surface area (Å²) in [6.45, 7) is 5.01. The van der Waals surface area contributed by atoms with E-state index in [9.17, 15) is 4.79 Å². The summed E-state index contributed by atoms with van der Waals surface area (Å²) in [5.41, 5.74) is 1.50. The quantitative estimate of drug-likeness (QED) is 0.601. The van der Waals surface area contributed by atoms with E-state index in [2.05, 4.69) is 4.90 Å². The number of carbonyl (C=O) groups is 1. The van der Waals surface area contributed by atoms with Crippen LogP contribution in [0.3, 0.4) is 0 Å². The highest BCUT2D eigenvalue weighted by atomic mass is 35.5. The number of thiazole rings is 1. The summed E-state index contributed by atoms with van der Waals surface area (Å²) in [4.78, 5) is 22.1. The molecule has 0 saturated carbocycles. The van der Waals surface area contributed by atoms with Gasteiger partial charge in [0, 0.05) is 36.8 Å². The number of amides is 1. The number of morpholine rings is 1. The van der Waals surface area contributed by atoms with Gasteiger partial charge in [0.1, 0.15) is 0 Å². The van der Waals surface area contributed by atoms with Crippen LogP contribution in [0.15, 0.2) is 48.5 Å². The Morgan fingerprint density at radius 2 is 2.00 bits per heavy atom. The van der Waals surface area contributed by atoms with Crippen molar-refractivity contribution in [3.8, 4) is 0 Å². The molecule has 1 fully saturated rings. The number of para-hydroxylation sites is 1. The van der Waals surface area contributed by atoms with Crippen LogP contribution in [-0.4, -0.2) is 55.2 Å². The van der Waals surface area contributed by atoms with Gasteiger partial charge in [-0.05, 0) is 36.8 Å². The topological polar surface area (TPSA) is 45.7 Å². The summed E-state index contributed by atoms with van der Waals surface area (Å²) in [7, 11) is 0. The Bertz CT molecular complexity index is 922. The van der Waals surface area contributed by atoms with Crippen molar-refractivity contribution >= 4 is 44.2 Å². The van der Waals surface area contributed by atoms with Gasteiger partial charge in [0.15, 0.2) is 5.13 Å². The SMILES string of the molecule is O=C(c1cccc(Cl)c1)N(CCCN1CCOCC1)c1nc2ccccc2s1. The van der Waals surface area contributed by atoms with Gasteiger partial charge >= 0.3 is 0 Å². The van der Waals surface area contributed by atoms with E-state index >= 15 is 0 Å². The molecule has 0 N–H and O–H groups in total. The fourth-order valence-corrected chi connectivity index (χ4v) is 4.49. The van der Waals surface area contributed by atoms with Crippen LogP contribution in [0.2, 0.25) is 5.02 Å². The molecule has 28 heavy (non-hydrogen) atoms. The molecule has 1 aliphatic rings. The van der Waals surface area contributed by atoms with Gasteiger partial charge in [-0.2, -0.15) is 0 Å². The van der Waals surface area contributed by atoms with Crippen LogP contribution in [0.25, 0.3) is 10.2 Å². The van der Waals surface area contributed by atoms with Gasteiger partial charge in [0.05, 0.1) is 23.4 Å². The Morgan fingerprint density at radius 1 is 1.18 bits per heavy atom. The minimum atomic E-state index is -0.0662. The zero-order chi connectivity index (χ0) is 19.3. The van der Waals surface area contributed by atoms with E-state index in [-0.39, 0.29) is 5.91 Å². The molecule has 5 nitrogen and oxygen atoms in total. The number of ether oxygens (including phenoxy) is 1. The lowest BCUT2D eigenvalue weighted by Gasteiger charge is -2.27. The number of benzene rings is 2. The Labute approximate surface area is 173 Å². The molecule has 1 amide bonds. The van der Waals surface area contributed by atoms with E-state index in [1.165, 1.54) is 0 Å². The molecule has 146 valence electrons. The van der Waals surface area contributed by atoms with Crippen LogP contribution in [0, 0.1) is 0 Å². The third kappa shape index (κ3) is 4.52. The number of hydrogen-bond acceptors (Lipinski definition) is 5. The number of aromatic nitrogens is 1. The highest BCUT2D eigenvalue weighted by Gasteiger charge is 2.22. The van der Waals surface area contributed by atoms with Gasteiger partial charge in [0.25, 0.3) is 5.91 Å². The highest BCUT2D eigenvalue weighted by molar-refractivity contribution is 7.22. The lowest BCUT2D eigenvalue weighted by atomic mass is 10.2. The zero-order valence-corrected chi connectivity index (χ0v) is 17.1. The minimum Gasteiger partial charge on any atom is -0.379 e. The summed E-state index contributed by atoms with van der Waals surface area (Å²) < 4.78 is 6.49. The van der Waals surface area contributed by atoms with Gasteiger partial charge in [-0.3, -0.25) is 14.6 Å². The van der Waals surface area contributed by atoms with Crippen molar-refractivity contribution in [2.24, 2.45) is 0 Å². The maximum atomic E-state index is 13.3. The third-order valence-electron chi connectivity index (χ3n) is 4.79. The molecule has 0 aliphatic carbocycles. The number of fused-ring (bicyclic) bond motifs is 1. The lowest BCUT2D eigenvalue weighted by molar-refractivity contribution is 0.0376. The second-order valence-corrected chi connectivity index (χ2v) is 8.18. The average Bonchev–Trinajstić information content (AvgIpc) is 3.15. The molecule has 2 heterocycles. The van der Waals surface area contributed by atoms with Crippen LogP contribution in [-0.2, 0) is 4.74 Å². The Hall–Kier alpha value is -1.99. The van der Waals surface area contributed by atoms with E-state index < -0.39 is 0 Å². The first-order valence-corrected chi connectivity index (χ1v) is 10.6. The normalized spacial score (nSPS) is 15.0. The minimum absolute atomic E-state index is 0.0662. The number of carbonyl (C=O) groups excluding carboxylic acids is 1. The van der Waals surface area contributed by atoms with Gasteiger partial charge in [0.2, 0.25) is 0 Å². The lowest BCUT2D eigenvalue weighted by Crippen LogP contribution is -2.39. The molecule has 0 radical (unpaired) electrons. The molecule has 1 aliphatic heterocycles. The van der Waals surface area contributed by atoms with Gasteiger partial charge in [-0.15, -0.1) is 0 Å². The number of rotatable bonds is 6. The summed E-state index contributed by atoms with van der Waals surface area (Å²) in [6.07, 6.45) is 0.877. The standard InChI is InChI=1S/C21H22ClN3O2S/c22-17-6-3-5-16(15-17)20(26)25(10-4-9-24-11-13-27-14-12-24)21-23-18-7-1-2-8-19(18)28-21/h1-3,5-8,15H,4,9-14H2. The van der Waals surface area contributed by atoms with E-state index in [1.807, 2.05) is 24.3 Å². The van der Waals surface area contributed by atoms with E-state index in [0.29, 0.717) is 17.1 Å². The van der Waals surface area contributed by atoms with Crippen molar-refractivity contribution in [3.63, 3.8) is 0 Å². The first kappa shape index (κ1) is 19.3.